The minimum Gasteiger partial charge on any atom is -0.327 e. The van der Waals surface area contributed by atoms with Crippen LogP contribution in [-0.2, 0) is 0 Å². The number of likely N-dealkylation sites (N-methyl/N-ethyl adjacent to an activating group) is 1. The van der Waals surface area contributed by atoms with Crippen LogP contribution in [0.5, 0.6) is 0 Å². The van der Waals surface area contributed by atoms with Crippen LogP contribution in [-0.4, -0.2) is 47.5 Å². The third kappa shape index (κ3) is 2.93. The first-order valence-electron chi connectivity index (χ1n) is 10.7. The quantitative estimate of drug-likeness (QED) is 0.628. The zero-order chi connectivity index (χ0) is 21.7. The van der Waals surface area contributed by atoms with E-state index in [1.807, 2.05) is 32.2 Å². The Morgan fingerprint density at radius 3 is 2.68 bits per heavy atom. The van der Waals surface area contributed by atoms with Gasteiger partial charge in [0.15, 0.2) is 17.5 Å². The van der Waals surface area contributed by atoms with Crippen LogP contribution < -0.4 is 0 Å². The Morgan fingerprint density at radius 1 is 1.26 bits per heavy atom. The van der Waals surface area contributed by atoms with Crippen LogP contribution in [0.4, 0.5) is 0 Å². The van der Waals surface area contributed by atoms with E-state index in [-0.39, 0.29) is 0 Å². The van der Waals surface area contributed by atoms with E-state index in [1.165, 1.54) is 6.42 Å². The molecule has 0 bridgehead atoms. The molecular weight excluding hydrogens is 388 g/mol. The van der Waals surface area contributed by atoms with Crippen LogP contribution >= 0.6 is 0 Å². The van der Waals surface area contributed by atoms with Crippen LogP contribution in [0.3, 0.4) is 0 Å². The number of benzene rings is 1. The molecule has 0 atom stereocenters. The van der Waals surface area contributed by atoms with E-state index < -0.39 is 0 Å². The number of aryl methyl sites for hydroxylation is 1. The molecule has 1 aliphatic carbocycles. The van der Waals surface area contributed by atoms with E-state index in [4.69, 9.17) is 9.98 Å². The molecule has 0 spiro atoms. The van der Waals surface area contributed by atoms with E-state index in [1.54, 1.807) is 4.68 Å². The van der Waals surface area contributed by atoms with Crippen molar-refractivity contribution in [2.24, 2.45) is 4.99 Å². The SMILES string of the molecule is C=CC1=C(CC)C(=C)N(C)C(c2nc3ccc(-n4nnnc4C)cc3n2C2CCC2)=N1. The molecule has 1 aliphatic heterocycles. The number of imidazole rings is 1. The summed E-state index contributed by atoms with van der Waals surface area (Å²) in [5, 5.41) is 11.9. The van der Waals surface area contributed by atoms with Crippen LogP contribution in [0.15, 0.2) is 59.4 Å². The third-order valence-corrected chi connectivity index (χ3v) is 6.34. The molecule has 1 saturated carbocycles. The summed E-state index contributed by atoms with van der Waals surface area (Å²) in [7, 11) is 2.01. The Hall–Kier alpha value is -3.55. The fourth-order valence-corrected chi connectivity index (χ4v) is 4.34. The maximum atomic E-state index is 5.02. The van der Waals surface area contributed by atoms with Gasteiger partial charge in [0.2, 0.25) is 0 Å². The summed E-state index contributed by atoms with van der Waals surface area (Å²) in [4.78, 5) is 12.0. The number of fused-ring (bicyclic) bond motifs is 1. The Balaban J connectivity index is 1.73. The highest BCUT2D eigenvalue weighted by atomic mass is 15.5. The lowest BCUT2D eigenvalue weighted by Gasteiger charge is -2.33. The molecule has 3 aromatic rings. The molecule has 8 heteroatoms. The summed E-state index contributed by atoms with van der Waals surface area (Å²) < 4.78 is 4.08. The fraction of sp³-hybridized carbons (Fsp3) is 0.348. The molecule has 1 fully saturated rings. The molecule has 5 rings (SSSR count). The lowest BCUT2D eigenvalue weighted by atomic mass is 9.92. The maximum absolute atomic E-state index is 5.02. The van der Waals surface area contributed by atoms with Crippen LogP contribution in [0.1, 0.15) is 50.3 Å². The standard InChI is InChI=1S/C23H26N8/c1-6-18-14(3)29(5)22(24-19(18)7-2)23-25-20-12-11-17(31-15(4)26-27-28-31)13-21(20)30(23)16-9-8-10-16/h7,11-13,16H,2-3,6,8-10H2,1,4-5H3. The zero-order valence-corrected chi connectivity index (χ0v) is 18.2. The molecule has 0 saturated heterocycles. The van der Waals surface area contributed by atoms with Crippen molar-refractivity contribution in [1.29, 1.82) is 0 Å². The molecule has 0 radical (unpaired) electrons. The van der Waals surface area contributed by atoms with Crippen molar-refractivity contribution in [3.8, 4) is 5.69 Å². The van der Waals surface area contributed by atoms with Crippen molar-refractivity contribution in [3.05, 3.63) is 66.0 Å². The number of rotatable bonds is 5. The highest BCUT2D eigenvalue weighted by Crippen LogP contribution is 2.38. The monoisotopic (exact) mass is 414 g/mol. The van der Waals surface area contributed by atoms with E-state index in [0.29, 0.717) is 6.04 Å². The molecule has 2 aromatic heterocycles. The maximum Gasteiger partial charge on any atom is 0.177 e. The van der Waals surface area contributed by atoms with Crippen molar-refractivity contribution in [2.45, 2.75) is 45.6 Å². The van der Waals surface area contributed by atoms with E-state index in [9.17, 15) is 0 Å². The number of aliphatic imine (C=N–C) groups is 1. The van der Waals surface area contributed by atoms with Gasteiger partial charge in [0, 0.05) is 24.4 Å². The molecule has 0 N–H and O–H groups in total. The summed E-state index contributed by atoms with van der Waals surface area (Å²) in [5.74, 6) is 2.42. The lowest BCUT2D eigenvalue weighted by Crippen LogP contribution is -2.34. The average Bonchev–Trinajstić information content (AvgIpc) is 3.32. The number of hydrogen-bond donors (Lipinski definition) is 0. The van der Waals surface area contributed by atoms with Crippen molar-refractivity contribution in [3.63, 3.8) is 0 Å². The normalized spacial score (nSPS) is 17.3. The molecule has 8 nitrogen and oxygen atoms in total. The predicted octanol–water partition coefficient (Wildman–Crippen LogP) is 4.10. The topological polar surface area (TPSA) is 77.0 Å². The number of hydrogen-bond acceptors (Lipinski definition) is 6. The van der Waals surface area contributed by atoms with Gasteiger partial charge < -0.3 is 9.47 Å². The zero-order valence-electron chi connectivity index (χ0n) is 18.2. The van der Waals surface area contributed by atoms with Crippen molar-refractivity contribution >= 4 is 16.9 Å². The second-order valence-corrected chi connectivity index (χ2v) is 8.06. The minimum atomic E-state index is 0.401. The Morgan fingerprint density at radius 2 is 2.06 bits per heavy atom. The predicted molar refractivity (Wildman–Crippen MR) is 121 cm³/mol. The Labute approximate surface area is 181 Å². The van der Waals surface area contributed by atoms with Gasteiger partial charge in [-0.15, -0.1) is 5.10 Å². The molecule has 0 amide bonds. The number of aromatic nitrogens is 6. The molecular formula is C23H26N8. The smallest absolute Gasteiger partial charge is 0.177 e. The van der Waals surface area contributed by atoms with Gasteiger partial charge in [0.1, 0.15) is 0 Å². The Kier molecular flexibility index (Phi) is 4.57. The van der Waals surface area contributed by atoms with E-state index >= 15 is 0 Å². The number of nitrogens with zero attached hydrogens (tertiary/aromatic N) is 8. The van der Waals surface area contributed by atoms with Gasteiger partial charge in [-0.3, -0.25) is 0 Å². The summed E-state index contributed by atoms with van der Waals surface area (Å²) in [6.07, 6.45) is 6.16. The third-order valence-electron chi connectivity index (χ3n) is 6.34. The second kappa shape index (κ2) is 7.30. The van der Waals surface area contributed by atoms with Crippen molar-refractivity contribution in [2.75, 3.05) is 7.05 Å². The molecule has 2 aliphatic rings. The minimum absolute atomic E-state index is 0.401. The Bertz CT molecular complexity index is 1270. The van der Waals surface area contributed by atoms with Gasteiger partial charge in [-0.25, -0.2) is 9.98 Å². The molecule has 3 heterocycles. The van der Waals surface area contributed by atoms with Crippen LogP contribution in [0.25, 0.3) is 16.7 Å². The van der Waals surface area contributed by atoms with Gasteiger partial charge >= 0.3 is 0 Å². The first kappa shape index (κ1) is 19.4. The first-order valence-corrected chi connectivity index (χ1v) is 10.7. The number of amidine groups is 1. The first-order chi connectivity index (χ1) is 15.0. The van der Waals surface area contributed by atoms with Gasteiger partial charge in [-0.05, 0) is 67.3 Å². The van der Waals surface area contributed by atoms with E-state index in [0.717, 1.165) is 70.4 Å². The van der Waals surface area contributed by atoms with Gasteiger partial charge in [-0.1, -0.05) is 20.1 Å². The summed E-state index contributed by atoms with van der Waals surface area (Å²) in [6.45, 7) is 12.3. The second-order valence-electron chi connectivity index (χ2n) is 8.06. The summed E-state index contributed by atoms with van der Waals surface area (Å²) in [5.41, 5.74) is 5.86. The number of tetrazole rings is 1. The van der Waals surface area contributed by atoms with Crippen molar-refractivity contribution in [1.82, 2.24) is 34.7 Å². The molecule has 1 aromatic carbocycles. The van der Waals surface area contributed by atoms with Crippen LogP contribution in [0.2, 0.25) is 0 Å². The molecule has 0 unspecified atom stereocenters. The van der Waals surface area contributed by atoms with Crippen LogP contribution in [0, 0.1) is 6.92 Å². The molecule has 31 heavy (non-hydrogen) atoms. The average molecular weight is 415 g/mol. The van der Waals surface area contributed by atoms with E-state index in [2.05, 4.69) is 51.1 Å². The number of allylic oxidation sites excluding steroid dienone is 2. The highest BCUT2D eigenvalue weighted by molar-refractivity contribution is 6.01. The van der Waals surface area contributed by atoms with Gasteiger partial charge in [0.05, 0.1) is 22.4 Å². The lowest BCUT2D eigenvalue weighted by molar-refractivity contribution is 0.318. The largest absolute Gasteiger partial charge is 0.327 e. The van der Waals surface area contributed by atoms with Crippen molar-refractivity contribution < 1.29 is 0 Å². The van der Waals surface area contributed by atoms with Gasteiger partial charge in [-0.2, -0.15) is 4.68 Å². The summed E-state index contributed by atoms with van der Waals surface area (Å²) >= 11 is 0. The summed E-state index contributed by atoms with van der Waals surface area (Å²) in [6, 6.07) is 6.55. The van der Waals surface area contributed by atoms with Gasteiger partial charge in [0.25, 0.3) is 0 Å². The fourth-order valence-electron chi connectivity index (χ4n) is 4.34. The molecule has 158 valence electrons. The highest BCUT2D eigenvalue weighted by Gasteiger charge is 2.31.